The molecule has 0 spiro atoms. The van der Waals surface area contributed by atoms with E-state index in [2.05, 4.69) is 80.1 Å². The second-order valence-electron chi connectivity index (χ2n) is 5.88. The van der Waals surface area contributed by atoms with Crippen LogP contribution in [-0.4, -0.2) is 13.4 Å². The van der Waals surface area contributed by atoms with Crippen LogP contribution in [0.5, 0.6) is 0 Å². The Morgan fingerprint density at radius 3 is 2.45 bits per heavy atom. The largest absolute Gasteiger partial charge is 0.256 e. The van der Waals surface area contributed by atoms with E-state index in [9.17, 15) is 0 Å². The van der Waals surface area contributed by atoms with Gasteiger partial charge in [-0.25, -0.2) is 0 Å². The van der Waals surface area contributed by atoms with Gasteiger partial charge in [-0.1, -0.05) is 55.5 Å². The van der Waals surface area contributed by atoms with Crippen LogP contribution >= 0.6 is 11.2 Å². The van der Waals surface area contributed by atoms with Crippen molar-refractivity contribution in [3.63, 3.8) is 0 Å². The molecule has 0 unspecified atom stereocenters. The third-order valence-corrected chi connectivity index (χ3v) is 6.29. The number of aliphatic imine (C=N–C) groups is 1. The summed E-state index contributed by atoms with van der Waals surface area (Å²) >= 11 is 2.00. The van der Waals surface area contributed by atoms with Crippen molar-refractivity contribution in [2.24, 2.45) is 4.99 Å². The molecule has 20 heavy (non-hydrogen) atoms. The van der Waals surface area contributed by atoms with Crippen molar-refractivity contribution in [2.45, 2.75) is 31.5 Å². The second kappa shape index (κ2) is 6.42. The normalized spacial score (nSPS) is 12.0. The van der Waals surface area contributed by atoms with E-state index in [4.69, 9.17) is 0 Å². The molecule has 1 nitrogen and oxygen atoms in total. The molecule has 0 atom stereocenters. The molecule has 0 aliphatic carbocycles. The molecule has 2 aromatic rings. The minimum atomic E-state index is -1.15. The van der Waals surface area contributed by atoms with E-state index in [1.807, 2.05) is 17.4 Å². The lowest BCUT2D eigenvalue weighted by molar-refractivity contribution is 1.41. The number of hydrogen-bond acceptors (Lipinski definition) is 2. The van der Waals surface area contributed by atoms with Crippen LogP contribution in [0.4, 0.5) is 5.69 Å². The number of aryl methyl sites for hydroxylation is 1. The predicted octanol–water partition coefficient (Wildman–Crippen LogP) is 5.67. The molecule has 0 aliphatic rings. The fraction of sp³-hybridized carbons (Fsp3) is 0.235. The van der Waals surface area contributed by atoms with Crippen molar-refractivity contribution in [3.05, 3.63) is 59.7 Å². The lowest BCUT2D eigenvalue weighted by Crippen LogP contribution is -2.13. The molecule has 0 aliphatic heterocycles. The molecule has 0 N–H and O–H groups in total. The molecule has 0 aromatic heterocycles. The summed E-state index contributed by atoms with van der Waals surface area (Å²) < 4.78 is 0. The van der Waals surface area contributed by atoms with E-state index in [0.717, 1.165) is 11.3 Å². The van der Waals surface area contributed by atoms with Gasteiger partial charge in [0.1, 0.15) is 7.22 Å². The molecule has 2 aromatic carbocycles. The summed E-state index contributed by atoms with van der Waals surface area (Å²) in [5.74, 6) is 0. The highest BCUT2D eigenvalue weighted by Gasteiger charge is 2.14. The third kappa shape index (κ3) is 4.98. The van der Waals surface area contributed by atoms with Crippen LogP contribution in [0.1, 0.15) is 11.1 Å². The Labute approximate surface area is 126 Å². The minimum Gasteiger partial charge on any atom is -0.256 e. The van der Waals surface area contributed by atoms with Gasteiger partial charge in [0.2, 0.25) is 0 Å². The van der Waals surface area contributed by atoms with Gasteiger partial charge in [-0.05, 0) is 30.7 Å². The standard InChI is InChI=1S/C17H21NSSi/c1-14-7-5-8-15(11-14)13-18-16-9-6-10-17(12-16)19-20(2,3)4/h5-13H,1-4H3. The summed E-state index contributed by atoms with van der Waals surface area (Å²) in [5.41, 5.74) is 3.43. The van der Waals surface area contributed by atoms with Gasteiger partial charge in [0.05, 0.1) is 5.69 Å². The first kappa shape index (κ1) is 15.1. The number of rotatable bonds is 4. The monoisotopic (exact) mass is 299 g/mol. The summed E-state index contributed by atoms with van der Waals surface area (Å²) in [4.78, 5) is 5.91. The average molecular weight is 300 g/mol. The fourth-order valence-corrected chi connectivity index (χ4v) is 5.42. The quantitative estimate of drug-likeness (QED) is 0.523. The van der Waals surface area contributed by atoms with Crippen molar-refractivity contribution >= 4 is 30.3 Å². The topological polar surface area (TPSA) is 12.4 Å². The van der Waals surface area contributed by atoms with E-state index in [0.29, 0.717) is 0 Å². The van der Waals surface area contributed by atoms with Gasteiger partial charge in [0.15, 0.2) is 0 Å². The van der Waals surface area contributed by atoms with Crippen molar-refractivity contribution in [3.8, 4) is 0 Å². The van der Waals surface area contributed by atoms with Gasteiger partial charge in [-0.2, -0.15) is 11.2 Å². The number of hydrogen-bond donors (Lipinski definition) is 0. The van der Waals surface area contributed by atoms with E-state index in [-0.39, 0.29) is 0 Å². The van der Waals surface area contributed by atoms with Gasteiger partial charge in [0.25, 0.3) is 0 Å². The van der Waals surface area contributed by atoms with Crippen LogP contribution in [0.15, 0.2) is 58.4 Å². The molecule has 0 heterocycles. The molecule has 0 amide bonds. The summed E-state index contributed by atoms with van der Waals surface area (Å²) in [6.07, 6.45) is 1.94. The number of benzene rings is 2. The smallest absolute Gasteiger partial charge is 0.114 e. The van der Waals surface area contributed by atoms with Crippen molar-refractivity contribution in [2.75, 3.05) is 0 Å². The van der Waals surface area contributed by atoms with E-state index in [1.165, 1.54) is 10.5 Å². The second-order valence-corrected chi connectivity index (χ2v) is 15.1. The first-order chi connectivity index (χ1) is 9.42. The molecule has 0 saturated carbocycles. The highest BCUT2D eigenvalue weighted by atomic mass is 32.4. The summed E-state index contributed by atoms with van der Waals surface area (Å²) in [6, 6.07) is 16.9. The minimum absolute atomic E-state index is 1.02. The van der Waals surface area contributed by atoms with Gasteiger partial charge in [-0.3, -0.25) is 4.99 Å². The first-order valence-corrected chi connectivity index (χ1v) is 11.9. The summed E-state index contributed by atoms with van der Waals surface area (Å²) in [7, 11) is -1.15. The SMILES string of the molecule is Cc1cccc(C=Nc2cccc(S[Si](C)(C)C)c2)c1. The lowest BCUT2D eigenvalue weighted by atomic mass is 10.1. The third-order valence-electron chi connectivity index (χ3n) is 2.65. The molecule has 0 fully saturated rings. The maximum atomic E-state index is 4.59. The lowest BCUT2D eigenvalue weighted by Gasteiger charge is -2.15. The zero-order chi connectivity index (χ0) is 14.6. The van der Waals surface area contributed by atoms with Crippen LogP contribution in [0.2, 0.25) is 19.6 Å². The number of nitrogens with zero attached hydrogens (tertiary/aromatic N) is 1. The zero-order valence-electron chi connectivity index (χ0n) is 12.6. The summed E-state index contributed by atoms with van der Waals surface area (Å²) in [6.45, 7) is 9.18. The molecule has 3 heteroatoms. The van der Waals surface area contributed by atoms with Crippen LogP contribution in [0.25, 0.3) is 0 Å². The van der Waals surface area contributed by atoms with Crippen molar-refractivity contribution < 1.29 is 0 Å². The van der Waals surface area contributed by atoms with Crippen LogP contribution in [0, 0.1) is 6.92 Å². The van der Waals surface area contributed by atoms with Gasteiger partial charge in [0, 0.05) is 11.1 Å². The highest BCUT2D eigenvalue weighted by molar-refractivity contribution is 8.28. The Morgan fingerprint density at radius 1 is 1.00 bits per heavy atom. The van der Waals surface area contributed by atoms with Crippen LogP contribution in [0.3, 0.4) is 0 Å². The molecule has 0 bridgehead atoms. The van der Waals surface area contributed by atoms with Gasteiger partial charge in [-0.15, -0.1) is 0 Å². The van der Waals surface area contributed by atoms with E-state index >= 15 is 0 Å². The molecule has 104 valence electrons. The Balaban J connectivity index is 2.15. The first-order valence-electron chi connectivity index (χ1n) is 6.82. The van der Waals surface area contributed by atoms with Crippen molar-refractivity contribution in [1.82, 2.24) is 0 Å². The fourth-order valence-electron chi connectivity index (χ4n) is 1.88. The Morgan fingerprint density at radius 2 is 1.75 bits per heavy atom. The Bertz CT molecular complexity index is 614. The molecular formula is C17H21NSSi. The van der Waals surface area contributed by atoms with Gasteiger partial charge >= 0.3 is 0 Å². The van der Waals surface area contributed by atoms with E-state index in [1.54, 1.807) is 0 Å². The van der Waals surface area contributed by atoms with Gasteiger partial charge < -0.3 is 0 Å². The molecular weight excluding hydrogens is 278 g/mol. The predicted molar refractivity (Wildman–Crippen MR) is 94.1 cm³/mol. The molecule has 2 rings (SSSR count). The maximum Gasteiger partial charge on any atom is 0.114 e. The Hall–Kier alpha value is -1.32. The highest BCUT2D eigenvalue weighted by Crippen LogP contribution is 2.31. The molecule has 0 radical (unpaired) electrons. The van der Waals surface area contributed by atoms with Crippen LogP contribution < -0.4 is 0 Å². The molecule has 0 saturated heterocycles. The summed E-state index contributed by atoms with van der Waals surface area (Å²) in [5, 5.41) is 0. The van der Waals surface area contributed by atoms with Crippen molar-refractivity contribution in [1.29, 1.82) is 0 Å². The van der Waals surface area contributed by atoms with Crippen LogP contribution in [-0.2, 0) is 0 Å². The average Bonchev–Trinajstić information content (AvgIpc) is 2.35. The zero-order valence-corrected chi connectivity index (χ0v) is 14.4. The maximum absolute atomic E-state index is 4.59. The Kier molecular flexibility index (Phi) is 4.84. The van der Waals surface area contributed by atoms with E-state index < -0.39 is 7.22 Å².